The van der Waals surface area contributed by atoms with Crippen LogP contribution in [0.2, 0.25) is 10.0 Å². The van der Waals surface area contributed by atoms with E-state index in [0.29, 0.717) is 22.3 Å². The summed E-state index contributed by atoms with van der Waals surface area (Å²) < 4.78 is 5.55. The lowest BCUT2D eigenvalue weighted by Gasteiger charge is -2.31. The molecule has 0 radical (unpaired) electrons. The van der Waals surface area contributed by atoms with Gasteiger partial charge in [0.05, 0.1) is 5.02 Å². The lowest BCUT2D eigenvalue weighted by Crippen LogP contribution is -2.40. The van der Waals surface area contributed by atoms with Crippen molar-refractivity contribution >= 4 is 23.2 Å². The minimum Gasteiger partial charge on any atom is -0.489 e. The predicted molar refractivity (Wildman–Crippen MR) is 82.8 cm³/mol. The zero-order valence-electron chi connectivity index (χ0n) is 11.7. The summed E-state index contributed by atoms with van der Waals surface area (Å²) in [6, 6.07) is 5.08. The third-order valence-electron chi connectivity index (χ3n) is 3.67. The standard InChI is InChI=1S/C15H21Cl2NO2/c1-11-4-6-18(7-5-11)9-13(19)10-20-15-3-2-12(16)8-14(15)17/h2-3,8,11,13,19H,4-7,9-10H2,1H3/t13-/m0/s1. The first-order valence-electron chi connectivity index (χ1n) is 7.03. The Morgan fingerprint density at radius 3 is 2.70 bits per heavy atom. The minimum atomic E-state index is -0.504. The van der Waals surface area contributed by atoms with Gasteiger partial charge in [0, 0.05) is 11.6 Å². The molecule has 0 spiro atoms. The summed E-state index contributed by atoms with van der Waals surface area (Å²) in [6.07, 6.45) is 1.91. The van der Waals surface area contributed by atoms with E-state index in [-0.39, 0.29) is 6.61 Å². The van der Waals surface area contributed by atoms with Crippen molar-refractivity contribution in [1.82, 2.24) is 4.90 Å². The molecule has 1 aliphatic heterocycles. The number of hydrogen-bond donors (Lipinski definition) is 1. The quantitative estimate of drug-likeness (QED) is 0.902. The smallest absolute Gasteiger partial charge is 0.138 e. The van der Waals surface area contributed by atoms with Crippen LogP contribution in [0.25, 0.3) is 0 Å². The van der Waals surface area contributed by atoms with Gasteiger partial charge in [-0.05, 0) is 50.0 Å². The van der Waals surface area contributed by atoms with Crippen LogP contribution in [-0.4, -0.2) is 42.4 Å². The van der Waals surface area contributed by atoms with Crippen molar-refractivity contribution in [3.05, 3.63) is 28.2 Å². The summed E-state index contributed by atoms with van der Waals surface area (Å²) in [5, 5.41) is 11.1. The van der Waals surface area contributed by atoms with Crippen molar-refractivity contribution in [3.63, 3.8) is 0 Å². The van der Waals surface area contributed by atoms with Gasteiger partial charge in [-0.25, -0.2) is 0 Å². The van der Waals surface area contributed by atoms with Gasteiger partial charge in [-0.2, -0.15) is 0 Å². The molecule has 1 saturated heterocycles. The van der Waals surface area contributed by atoms with E-state index in [2.05, 4.69) is 11.8 Å². The minimum absolute atomic E-state index is 0.243. The Bertz CT molecular complexity index is 434. The number of rotatable bonds is 5. The Labute approximate surface area is 130 Å². The van der Waals surface area contributed by atoms with Crippen molar-refractivity contribution in [2.24, 2.45) is 5.92 Å². The van der Waals surface area contributed by atoms with Crippen molar-refractivity contribution < 1.29 is 9.84 Å². The topological polar surface area (TPSA) is 32.7 Å². The summed E-state index contributed by atoms with van der Waals surface area (Å²) in [4.78, 5) is 2.29. The van der Waals surface area contributed by atoms with E-state index in [1.807, 2.05) is 0 Å². The Hall–Kier alpha value is -0.480. The number of β-amino-alcohol motifs (C(OH)–C–C–N with tert-alkyl or cyclic N) is 1. The van der Waals surface area contributed by atoms with Gasteiger partial charge < -0.3 is 14.7 Å². The number of nitrogens with zero attached hydrogens (tertiary/aromatic N) is 1. The van der Waals surface area contributed by atoms with Gasteiger partial charge in [-0.15, -0.1) is 0 Å². The van der Waals surface area contributed by atoms with Gasteiger partial charge in [0.25, 0.3) is 0 Å². The van der Waals surface area contributed by atoms with Crippen LogP contribution in [0, 0.1) is 5.92 Å². The van der Waals surface area contributed by atoms with Crippen molar-refractivity contribution in [2.45, 2.75) is 25.9 Å². The highest BCUT2D eigenvalue weighted by atomic mass is 35.5. The molecule has 1 aliphatic rings. The van der Waals surface area contributed by atoms with Gasteiger partial charge in [0.15, 0.2) is 0 Å². The third-order valence-corrected chi connectivity index (χ3v) is 4.20. The molecule has 1 atom stereocenters. The van der Waals surface area contributed by atoms with Crippen LogP contribution in [0.15, 0.2) is 18.2 Å². The fraction of sp³-hybridized carbons (Fsp3) is 0.600. The Balaban J connectivity index is 1.76. The first kappa shape index (κ1) is 15.9. The SMILES string of the molecule is CC1CCN(C[C@H](O)COc2ccc(Cl)cc2Cl)CC1. The van der Waals surface area contributed by atoms with Gasteiger partial charge in [0.1, 0.15) is 18.5 Å². The van der Waals surface area contributed by atoms with Crippen molar-refractivity contribution in [3.8, 4) is 5.75 Å². The fourth-order valence-electron chi connectivity index (χ4n) is 2.37. The van der Waals surface area contributed by atoms with Crippen LogP contribution in [0.3, 0.4) is 0 Å². The van der Waals surface area contributed by atoms with Crippen LogP contribution >= 0.6 is 23.2 Å². The van der Waals surface area contributed by atoms with Crippen LogP contribution in [0.4, 0.5) is 0 Å². The summed E-state index contributed by atoms with van der Waals surface area (Å²) in [5.41, 5.74) is 0. The highest BCUT2D eigenvalue weighted by Gasteiger charge is 2.18. The molecular formula is C15H21Cl2NO2. The fourth-order valence-corrected chi connectivity index (χ4v) is 2.84. The number of aliphatic hydroxyl groups is 1. The molecule has 1 aromatic rings. The first-order chi connectivity index (χ1) is 9.54. The number of ether oxygens (including phenoxy) is 1. The monoisotopic (exact) mass is 317 g/mol. The van der Waals surface area contributed by atoms with E-state index >= 15 is 0 Å². The molecule has 0 bridgehead atoms. The Morgan fingerprint density at radius 2 is 2.05 bits per heavy atom. The largest absolute Gasteiger partial charge is 0.489 e. The molecule has 20 heavy (non-hydrogen) atoms. The predicted octanol–water partition coefficient (Wildman–Crippen LogP) is 3.47. The maximum Gasteiger partial charge on any atom is 0.138 e. The maximum atomic E-state index is 10.0. The highest BCUT2D eigenvalue weighted by molar-refractivity contribution is 6.35. The van der Waals surface area contributed by atoms with Gasteiger partial charge in [0.2, 0.25) is 0 Å². The summed E-state index contributed by atoms with van der Waals surface area (Å²) >= 11 is 11.8. The molecule has 1 heterocycles. The van der Waals surface area contributed by atoms with E-state index in [1.165, 1.54) is 12.8 Å². The molecule has 1 fully saturated rings. The number of halogens is 2. The number of hydrogen-bond acceptors (Lipinski definition) is 3. The van der Waals surface area contributed by atoms with E-state index in [9.17, 15) is 5.11 Å². The number of aliphatic hydroxyl groups excluding tert-OH is 1. The van der Waals surface area contributed by atoms with Crippen LogP contribution in [-0.2, 0) is 0 Å². The molecule has 2 rings (SSSR count). The summed E-state index contributed by atoms with van der Waals surface area (Å²) in [7, 11) is 0. The average Bonchev–Trinajstić information content (AvgIpc) is 2.40. The molecule has 5 heteroatoms. The van der Waals surface area contributed by atoms with Crippen molar-refractivity contribution in [2.75, 3.05) is 26.2 Å². The second-order valence-electron chi connectivity index (χ2n) is 5.52. The van der Waals surface area contributed by atoms with Gasteiger partial charge in [-0.1, -0.05) is 30.1 Å². The molecule has 0 saturated carbocycles. The average molecular weight is 318 g/mol. The number of piperidine rings is 1. The maximum absolute atomic E-state index is 10.0. The second-order valence-corrected chi connectivity index (χ2v) is 6.37. The molecule has 3 nitrogen and oxygen atoms in total. The highest BCUT2D eigenvalue weighted by Crippen LogP contribution is 2.27. The first-order valence-corrected chi connectivity index (χ1v) is 7.78. The molecule has 0 unspecified atom stereocenters. The molecule has 0 aromatic heterocycles. The van der Waals surface area contributed by atoms with E-state index in [0.717, 1.165) is 19.0 Å². The number of benzene rings is 1. The molecule has 112 valence electrons. The molecular weight excluding hydrogens is 297 g/mol. The molecule has 1 aromatic carbocycles. The van der Waals surface area contributed by atoms with Crippen LogP contribution in [0.1, 0.15) is 19.8 Å². The zero-order valence-corrected chi connectivity index (χ0v) is 13.2. The van der Waals surface area contributed by atoms with Crippen LogP contribution < -0.4 is 4.74 Å². The van der Waals surface area contributed by atoms with E-state index in [1.54, 1.807) is 18.2 Å². The molecule has 0 amide bonds. The van der Waals surface area contributed by atoms with Gasteiger partial charge >= 0.3 is 0 Å². The van der Waals surface area contributed by atoms with E-state index in [4.69, 9.17) is 27.9 Å². The molecule has 1 N–H and O–H groups in total. The van der Waals surface area contributed by atoms with Gasteiger partial charge in [-0.3, -0.25) is 0 Å². The van der Waals surface area contributed by atoms with Crippen molar-refractivity contribution in [1.29, 1.82) is 0 Å². The van der Waals surface area contributed by atoms with E-state index < -0.39 is 6.10 Å². The normalized spacial score (nSPS) is 19.0. The summed E-state index contributed by atoms with van der Waals surface area (Å²) in [6.45, 7) is 5.28. The third kappa shape index (κ3) is 4.81. The summed E-state index contributed by atoms with van der Waals surface area (Å²) in [5.74, 6) is 1.36. The Kier molecular flexibility index (Phi) is 5.97. The number of likely N-dealkylation sites (tertiary alicyclic amines) is 1. The van der Waals surface area contributed by atoms with Crippen LogP contribution in [0.5, 0.6) is 5.75 Å². The molecule has 0 aliphatic carbocycles. The zero-order chi connectivity index (χ0) is 14.5. The Morgan fingerprint density at radius 1 is 1.35 bits per heavy atom. The second kappa shape index (κ2) is 7.51. The lowest BCUT2D eigenvalue weighted by molar-refractivity contribution is 0.0563. The lowest BCUT2D eigenvalue weighted by atomic mass is 9.99.